The Bertz CT molecular complexity index is 345. The van der Waals surface area contributed by atoms with Gasteiger partial charge in [-0.1, -0.05) is 12.1 Å². The Kier molecular flexibility index (Phi) is 4.97. The number of nitrogens with one attached hydrogen (secondary N) is 1. The molecule has 90 valence electrons. The highest BCUT2D eigenvalue weighted by Crippen LogP contribution is 2.16. The fraction of sp³-hybridized carbons (Fsp3) is 0.571. The van der Waals surface area contributed by atoms with Gasteiger partial charge in [-0.2, -0.15) is 0 Å². The van der Waals surface area contributed by atoms with Gasteiger partial charge in [-0.25, -0.2) is 0 Å². The Morgan fingerprint density at radius 3 is 2.31 bits per heavy atom. The number of hydrogen-bond acceptors (Lipinski definition) is 2. The number of aryl methyl sites for hydroxylation is 3. The molecule has 1 N–H and O–H groups in total. The molecule has 0 heterocycles. The van der Waals surface area contributed by atoms with Crippen LogP contribution in [0.1, 0.15) is 22.3 Å². The van der Waals surface area contributed by atoms with Gasteiger partial charge in [0.25, 0.3) is 0 Å². The van der Waals surface area contributed by atoms with Crippen molar-refractivity contribution in [3.05, 3.63) is 34.4 Å². The molecule has 0 saturated carbocycles. The number of likely N-dealkylation sites (N-methyl/N-ethyl adjacent to an activating group) is 2. The molecule has 0 saturated heterocycles. The maximum atomic E-state index is 3.18. The van der Waals surface area contributed by atoms with Crippen LogP contribution in [0.15, 0.2) is 12.1 Å². The molecule has 0 spiro atoms. The lowest BCUT2D eigenvalue weighted by atomic mass is 10.0. The van der Waals surface area contributed by atoms with Crippen molar-refractivity contribution in [2.24, 2.45) is 0 Å². The molecular formula is C14H24N2. The van der Waals surface area contributed by atoms with Crippen LogP contribution in [0.25, 0.3) is 0 Å². The van der Waals surface area contributed by atoms with Gasteiger partial charge in [0.1, 0.15) is 0 Å². The lowest BCUT2D eigenvalue weighted by Crippen LogP contribution is -2.27. The Labute approximate surface area is 99.7 Å². The van der Waals surface area contributed by atoms with Crippen molar-refractivity contribution in [1.29, 1.82) is 0 Å². The van der Waals surface area contributed by atoms with Gasteiger partial charge in [0.05, 0.1) is 0 Å². The van der Waals surface area contributed by atoms with Crippen LogP contribution >= 0.6 is 0 Å². The van der Waals surface area contributed by atoms with Crippen molar-refractivity contribution in [2.45, 2.75) is 27.3 Å². The minimum absolute atomic E-state index is 1.04. The molecule has 0 aliphatic rings. The van der Waals surface area contributed by atoms with E-state index in [-0.39, 0.29) is 0 Å². The highest BCUT2D eigenvalue weighted by atomic mass is 15.1. The average molecular weight is 220 g/mol. The van der Waals surface area contributed by atoms with Gasteiger partial charge in [-0.05, 0) is 57.1 Å². The lowest BCUT2D eigenvalue weighted by Gasteiger charge is -2.18. The molecule has 0 radical (unpaired) electrons. The van der Waals surface area contributed by atoms with Gasteiger partial charge in [0.15, 0.2) is 0 Å². The summed E-state index contributed by atoms with van der Waals surface area (Å²) in [6.45, 7) is 9.73. The fourth-order valence-electron chi connectivity index (χ4n) is 1.86. The minimum Gasteiger partial charge on any atom is -0.318 e. The second-order valence-electron chi connectivity index (χ2n) is 4.70. The van der Waals surface area contributed by atoms with Crippen molar-refractivity contribution < 1.29 is 0 Å². The summed E-state index contributed by atoms with van der Waals surface area (Å²) in [6, 6.07) is 4.61. The highest BCUT2D eigenvalue weighted by molar-refractivity contribution is 5.36. The van der Waals surface area contributed by atoms with Crippen LogP contribution in [0.2, 0.25) is 0 Å². The van der Waals surface area contributed by atoms with E-state index in [1.807, 2.05) is 7.05 Å². The van der Waals surface area contributed by atoms with E-state index >= 15 is 0 Å². The van der Waals surface area contributed by atoms with Gasteiger partial charge in [-0.15, -0.1) is 0 Å². The quantitative estimate of drug-likeness (QED) is 0.819. The molecule has 1 rings (SSSR count). The second kappa shape index (κ2) is 6.02. The third kappa shape index (κ3) is 3.62. The second-order valence-corrected chi connectivity index (χ2v) is 4.70. The van der Waals surface area contributed by atoms with E-state index in [9.17, 15) is 0 Å². The zero-order valence-electron chi connectivity index (χ0n) is 11.2. The zero-order chi connectivity index (χ0) is 12.1. The first-order valence-corrected chi connectivity index (χ1v) is 5.94. The van der Waals surface area contributed by atoms with Crippen molar-refractivity contribution >= 4 is 0 Å². The van der Waals surface area contributed by atoms with Gasteiger partial charge in [0, 0.05) is 19.6 Å². The van der Waals surface area contributed by atoms with Crippen LogP contribution < -0.4 is 5.32 Å². The van der Waals surface area contributed by atoms with Crippen molar-refractivity contribution in [3.8, 4) is 0 Å². The Morgan fingerprint density at radius 2 is 1.69 bits per heavy atom. The van der Waals surface area contributed by atoms with Crippen LogP contribution in [-0.2, 0) is 6.54 Å². The van der Waals surface area contributed by atoms with Gasteiger partial charge in [-0.3, -0.25) is 0 Å². The third-order valence-corrected chi connectivity index (χ3v) is 3.14. The molecule has 1 aromatic carbocycles. The first-order valence-electron chi connectivity index (χ1n) is 5.94. The fourth-order valence-corrected chi connectivity index (χ4v) is 1.86. The Balaban J connectivity index is 2.69. The summed E-state index contributed by atoms with van der Waals surface area (Å²) >= 11 is 0. The van der Waals surface area contributed by atoms with E-state index in [4.69, 9.17) is 0 Å². The summed E-state index contributed by atoms with van der Waals surface area (Å²) in [5.74, 6) is 0. The van der Waals surface area contributed by atoms with E-state index in [2.05, 4.69) is 50.2 Å². The third-order valence-electron chi connectivity index (χ3n) is 3.14. The van der Waals surface area contributed by atoms with E-state index in [0.29, 0.717) is 0 Å². The maximum Gasteiger partial charge on any atom is 0.0233 e. The van der Waals surface area contributed by atoms with E-state index in [1.54, 1.807) is 0 Å². The summed E-state index contributed by atoms with van der Waals surface area (Å²) in [6.07, 6.45) is 0. The molecular weight excluding hydrogens is 196 g/mol. The van der Waals surface area contributed by atoms with Crippen molar-refractivity contribution in [1.82, 2.24) is 10.2 Å². The van der Waals surface area contributed by atoms with E-state index < -0.39 is 0 Å². The summed E-state index contributed by atoms with van der Waals surface area (Å²) in [5, 5.41) is 3.18. The molecule has 1 aromatic rings. The first kappa shape index (κ1) is 13.2. The maximum absolute atomic E-state index is 3.18. The van der Waals surface area contributed by atoms with E-state index in [0.717, 1.165) is 19.6 Å². The summed E-state index contributed by atoms with van der Waals surface area (Å²) in [5.41, 5.74) is 5.63. The molecule has 0 amide bonds. The summed E-state index contributed by atoms with van der Waals surface area (Å²) in [4.78, 5) is 2.35. The number of hydrogen-bond donors (Lipinski definition) is 1. The lowest BCUT2D eigenvalue weighted by molar-refractivity contribution is 0.327. The number of benzene rings is 1. The normalized spacial score (nSPS) is 11.1. The van der Waals surface area contributed by atoms with Gasteiger partial charge >= 0.3 is 0 Å². The van der Waals surface area contributed by atoms with Crippen LogP contribution in [0, 0.1) is 20.8 Å². The standard InChI is InChI=1S/C14H24N2/c1-11-8-13(3)14(9-12(11)2)10-16(5)7-6-15-4/h8-9,15H,6-7,10H2,1-5H3. The minimum atomic E-state index is 1.04. The molecule has 0 aromatic heterocycles. The van der Waals surface area contributed by atoms with Crippen LogP contribution in [0.5, 0.6) is 0 Å². The first-order chi connectivity index (χ1) is 7.54. The topological polar surface area (TPSA) is 15.3 Å². The summed E-state index contributed by atoms with van der Waals surface area (Å²) < 4.78 is 0. The molecule has 0 aliphatic heterocycles. The number of rotatable bonds is 5. The smallest absolute Gasteiger partial charge is 0.0233 e. The van der Waals surface area contributed by atoms with Crippen LogP contribution in [0.4, 0.5) is 0 Å². The molecule has 0 bridgehead atoms. The Hall–Kier alpha value is -0.860. The molecule has 0 unspecified atom stereocenters. The molecule has 2 nitrogen and oxygen atoms in total. The highest BCUT2D eigenvalue weighted by Gasteiger charge is 2.04. The molecule has 0 aliphatic carbocycles. The SMILES string of the molecule is CNCCN(C)Cc1cc(C)c(C)cc1C. The predicted molar refractivity (Wildman–Crippen MR) is 70.9 cm³/mol. The van der Waals surface area contributed by atoms with Crippen LogP contribution in [0.3, 0.4) is 0 Å². The van der Waals surface area contributed by atoms with E-state index in [1.165, 1.54) is 22.3 Å². The van der Waals surface area contributed by atoms with Crippen molar-refractivity contribution in [2.75, 3.05) is 27.2 Å². The molecule has 2 heteroatoms. The van der Waals surface area contributed by atoms with Gasteiger partial charge < -0.3 is 10.2 Å². The number of nitrogens with zero attached hydrogens (tertiary/aromatic N) is 1. The summed E-state index contributed by atoms with van der Waals surface area (Å²) in [7, 11) is 4.17. The zero-order valence-corrected chi connectivity index (χ0v) is 11.2. The van der Waals surface area contributed by atoms with Gasteiger partial charge in [0.2, 0.25) is 0 Å². The van der Waals surface area contributed by atoms with Crippen molar-refractivity contribution in [3.63, 3.8) is 0 Å². The molecule has 0 atom stereocenters. The molecule has 0 fully saturated rings. The average Bonchev–Trinajstić information content (AvgIpc) is 2.23. The predicted octanol–water partition coefficient (Wildman–Crippen LogP) is 2.26. The largest absolute Gasteiger partial charge is 0.318 e. The monoisotopic (exact) mass is 220 g/mol. The van der Waals surface area contributed by atoms with Crippen LogP contribution in [-0.4, -0.2) is 32.1 Å². The Morgan fingerprint density at radius 1 is 1.06 bits per heavy atom. The molecule has 16 heavy (non-hydrogen) atoms.